The maximum absolute atomic E-state index is 5.83. The number of hydrogen-bond acceptors (Lipinski definition) is 2. The number of rotatable bonds is 7. The van der Waals surface area contributed by atoms with Gasteiger partial charge in [0.15, 0.2) is 0 Å². The van der Waals surface area contributed by atoms with Crippen LogP contribution in [0.1, 0.15) is 46.1 Å². The van der Waals surface area contributed by atoms with Gasteiger partial charge in [0.25, 0.3) is 0 Å². The average Bonchev–Trinajstić information content (AvgIpc) is 2.32. The molecule has 2 nitrogen and oxygen atoms in total. The van der Waals surface area contributed by atoms with Crippen LogP contribution >= 0.6 is 0 Å². The third-order valence-corrected chi connectivity index (χ3v) is 2.84. The molecule has 2 heteroatoms. The van der Waals surface area contributed by atoms with E-state index in [1.54, 1.807) is 0 Å². The second kappa shape index (κ2) is 7.42. The van der Waals surface area contributed by atoms with E-state index in [1.165, 1.54) is 5.56 Å². The molecule has 0 saturated heterocycles. The zero-order valence-electron chi connectivity index (χ0n) is 12.3. The van der Waals surface area contributed by atoms with Crippen LogP contribution in [0.3, 0.4) is 0 Å². The monoisotopic (exact) mass is 249 g/mol. The van der Waals surface area contributed by atoms with Crippen molar-refractivity contribution < 1.29 is 4.74 Å². The van der Waals surface area contributed by atoms with Crippen LogP contribution < -0.4 is 10.1 Å². The quantitative estimate of drug-likeness (QED) is 0.742. The molecule has 0 atom stereocenters. The lowest BCUT2D eigenvalue weighted by molar-refractivity contribution is 0.299. The van der Waals surface area contributed by atoms with Gasteiger partial charge in [0.1, 0.15) is 5.75 Å². The summed E-state index contributed by atoms with van der Waals surface area (Å²) in [7, 11) is 0. The minimum Gasteiger partial charge on any atom is -0.493 e. The van der Waals surface area contributed by atoms with Gasteiger partial charge >= 0.3 is 0 Å². The summed E-state index contributed by atoms with van der Waals surface area (Å²) in [6, 6.07) is 8.30. The topological polar surface area (TPSA) is 21.3 Å². The fraction of sp³-hybridized carbons (Fsp3) is 0.625. The molecule has 0 unspecified atom stereocenters. The van der Waals surface area contributed by atoms with Crippen molar-refractivity contribution in [3.63, 3.8) is 0 Å². The van der Waals surface area contributed by atoms with E-state index in [-0.39, 0.29) is 5.54 Å². The molecule has 0 radical (unpaired) electrons. The van der Waals surface area contributed by atoms with Gasteiger partial charge in [-0.15, -0.1) is 0 Å². The number of unbranched alkanes of at least 4 members (excludes halogenated alkanes) is 1. The highest BCUT2D eigenvalue weighted by Crippen LogP contribution is 2.18. The first kappa shape index (κ1) is 15.0. The van der Waals surface area contributed by atoms with Crippen molar-refractivity contribution in [1.29, 1.82) is 0 Å². The molecule has 1 N–H and O–H groups in total. The molecular formula is C16H27NO. The predicted molar refractivity (Wildman–Crippen MR) is 78.3 cm³/mol. The summed E-state index contributed by atoms with van der Waals surface area (Å²) in [5, 5.41) is 3.49. The lowest BCUT2D eigenvalue weighted by Crippen LogP contribution is -2.36. The molecule has 102 valence electrons. The van der Waals surface area contributed by atoms with Gasteiger partial charge in [0.05, 0.1) is 6.61 Å². The zero-order valence-corrected chi connectivity index (χ0v) is 12.3. The van der Waals surface area contributed by atoms with E-state index >= 15 is 0 Å². The summed E-state index contributed by atoms with van der Waals surface area (Å²) in [6.07, 6.45) is 3.29. The third-order valence-electron chi connectivity index (χ3n) is 2.84. The predicted octanol–water partition coefficient (Wildman–Crippen LogP) is 3.80. The smallest absolute Gasteiger partial charge is 0.122 e. The fourth-order valence-electron chi connectivity index (χ4n) is 1.81. The van der Waals surface area contributed by atoms with Crippen LogP contribution in [0.25, 0.3) is 0 Å². The number of ether oxygens (including phenoxy) is 1. The van der Waals surface area contributed by atoms with Crippen LogP contribution in [-0.4, -0.2) is 18.7 Å². The molecule has 0 spiro atoms. The van der Waals surface area contributed by atoms with Crippen LogP contribution in [0.15, 0.2) is 24.3 Å². The van der Waals surface area contributed by atoms with E-state index in [1.807, 2.05) is 6.07 Å². The normalized spacial score (nSPS) is 11.6. The Bertz CT molecular complexity index is 341. The number of nitrogens with one attached hydrogen (secondary N) is 1. The molecule has 0 aromatic heterocycles. The van der Waals surface area contributed by atoms with Crippen molar-refractivity contribution in [2.24, 2.45) is 0 Å². The fourth-order valence-corrected chi connectivity index (χ4v) is 1.81. The Labute approximate surface area is 112 Å². The zero-order chi connectivity index (χ0) is 13.4. The van der Waals surface area contributed by atoms with E-state index in [0.29, 0.717) is 0 Å². The van der Waals surface area contributed by atoms with E-state index in [4.69, 9.17) is 4.74 Å². The molecule has 0 bridgehead atoms. The summed E-state index contributed by atoms with van der Waals surface area (Å²) < 4.78 is 5.83. The van der Waals surface area contributed by atoms with Gasteiger partial charge < -0.3 is 10.1 Å². The summed E-state index contributed by atoms with van der Waals surface area (Å²) in [4.78, 5) is 0. The lowest BCUT2D eigenvalue weighted by atomic mass is 10.1. The van der Waals surface area contributed by atoms with Gasteiger partial charge in [-0.2, -0.15) is 0 Å². The van der Waals surface area contributed by atoms with Crippen LogP contribution in [0, 0.1) is 0 Å². The average molecular weight is 249 g/mol. The molecule has 18 heavy (non-hydrogen) atoms. The molecule has 0 aliphatic carbocycles. The van der Waals surface area contributed by atoms with Crippen molar-refractivity contribution in [3.8, 4) is 5.75 Å². The molecule has 0 aliphatic heterocycles. The highest BCUT2D eigenvalue weighted by atomic mass is 16.5. The van der Waals surface area contributed by atoms with Crippen LogP contribution in [0.4, 0.5) is 0 Å². The van der Waals surface area contributed by atoms with Crippen molar-refractivity contribution in [2.45, 2.75) is 52.5 Å². The molecule has 0 amide bonds. The van der Waals surface area contributed by atoms with Crippen LogP contribution in [0.5, 0.6) is 5.75 Å². The summed E-state index contributed by atoms with van der Waals surface area (Å²) >= 11 is 0. The van der Waals surface area contributed by atoms with Gasteiger partial charge in [-0.05, 0) is 58.2 Å². The van der Waals surface area contributed by atoms with Crippen molar-refractivity contribution in [2.75, 3.05) is 13.2 Å². The Morgan fingerprint density at radius 1 is 1.11 bits per heavy atom. The Hall–Kier alpha value is -1.02. The highest BCUT2D eigenvalue weighted by molar-refractivity contribution is 5.33. The van der Waals surface area contributed by atoms with E-state index in [0.717, 1.165) is 38.2 Å². The van der Waals surface area contributed by atoms with Crippen LogP contribution in [-0.2, 0) is 6.42 Å². The molecule has 0 aliphatic rings. The summed E-state index contributed by atoms with van der Waals surface area (Å²) in [5.74, 6) is 1.05. The second-order valence-electron chi connectivity index (χ2n) is 5.69. The number of benzene rings is 1. The Morgan fingerprint density at radius 3 is 2.50 bits per heavy atom. The maximum atomic E-state index is 5.83. The van der Waals surface area contributed by atoms with Crippen molar-refractivity contribution in [3.05, 3.63) is 29.8 Å². The first-order valence-corrected chi connectivity index (χ1v) is 6.98. The molecule has 1 aromatic carbocycles. The second-order valence-corrected chi connectivity index (χ2v) is 5.69. The number of para-hydroxylation sites is 1. The minimum atomic E-state index is 0.218. The maximum Gasteiger partial charge on any atom is 0.122 e. The molecule has 0 fully saturated rings. The van der Waals surface area contributed by atoms with E-state index in [9.17, 15) is 0 Å². The molecular weight excluding hydrogens is 222 g/mol. The SMILES string of the molecule is CCc1ccccc1OCCCCNC(C)(C)C. The third kappa shape index (κ3) is 6.06. The molecule has 1 aromatic rings. The Balaban J connectivity index is 2.18. The van der Waals surface area contributed by atoms with Crippen LogP contribution in [0.2, 0.25) is 0 Å². The summed E-state index contributed by atoms with van der Waals surface area (Å²) in [5.41, 5.74) is 1.51. The molecule has 0 saturated carbocycles. The van der Waals surface area contributed by atoms with Crippen molar-refractivity contribution >= 4 is 0 Å². The van der Waals surface area contributed by atoms with E-state index in [2.05, 4.69) is 51.2 Å². The highest BCUT2D eigenvalue weighted by Gasteiger charge is 2.07. The van der Waals surface area contributed by atoms with Gasteiger partial charge in [-0.25, -0.2) is 0 Å². The first-order chi connectivity index (χ1) is 8.53. The van der Waals surface area contributed by atoms with Crippen molar-refractivity contribution in [1.82, 2.24) is 5.32 Å². The lowest BCUT2D eigenvalue weighted by Gasteiger charge is -2.20. The number of aryl methyl sites for hydroxylation is 1. The Kier molecular flexibility index (Phi) is 6.20. The largest absolute Gasteiger partial charge is 0.493 e. The molecule has 0 heterocycles. The van der Waals surface area contributed by atoms with E-state index < -0.39 is 0 Å². The first-order valence-electron chi connectivity index (χ1n) is 6.98. The van der Waals surface area contributed by atoms with Gasteiger partial charge in [-0.3, -0.25) is 0 Å². The van der Waals surface area contributed by atoms with Gasteiger partial charge in [0, 0.05) is 5.54 Å². The summed E-state index contributed by atoms with van der Waals surface area (Å²) in [6.45, 7) is 10.6. The number of hydrogen-bond donors (Lipinski definition) is 1. The minimum absolute atomic E-state index is 0.218. The molecule has 1 rings (SSSR count). The van der Waals surface area contributed by atoms with Gasteiger partial charge in [0.2, 0.25) is 0 Å². The Morgan fingerprint density at radius 2 is 1.83 bits per heavy atom. The standard InChI is InChI=1S/C16H27NO/c1-5-14-10-6-7-11-15(14)18-13-9-8-12-17-16(2,3)4/h6-7,10-11,17H,5,8-9,12-13H2,1-4H3. The van der Waals surface area contributed by atoms with Gasteiger partial charge in [-0.1, -0.05) is 25.1 Å².